The Morgan fingerprint density at radius 3 is 1.92 bits per heavy atom. The molecule has 0 saturated carbocycles. The lowest BCUT2D eigenvalue weighted by atomic mass is 10.4. The highest BCUT2D eigenvalue weighted by molar-refractivity contribution is 8.04. The van der Waals surface area contributed by atoms with E-state index >= 15 is 0 Å². The molecular weight excluding hydrogens is 208 g/mol. The number of nitrogens with one attached hydrogen (secondary N) is 2. The zero-order valence-electron chi connectivity index (χ0n) is 6.71. The molecule has 0 aromatic heterocycles. The van der Waals surface area contributed by atoms with Crippen LogP contribution in [0.2, 0.25) is 0 Å². The van der Waals surface area contributed by atoms with Crippen molar-refractivity contribution in [1.82, 2.24) is 10.6 Å². The molecule has 2 heterocycles. The molecule has 2 aliphatic rings. The molecule has 12 heavy (non-hydrogen) atoms. The maximum absolute atomic E-state index is 5.41. The van der Waals surface area contributed by atoms with E-state index in [0.29, 0.717) is 10.7 Å². The van der Waals surface area contributed by atoms with Crippen molar-refractivity contribution in [3.63, 3.8) is 0 Å². The highest BCUT2D eigenvalue weighted by Gasteiger charge is 2.27. The van der Waals surface area contributed by atoms with E-state index in [1.54, 1.807) is 0 Å². The summed E-state index contributed by atoms with van der Waals surface area (Å²) in [5.74, 6) is 2.39. The van der Waals surface area contributed by atoms with E-state index in [2.05, 4.69) is 10.6 Å². The fraction of sp³-hybridized carbons (Fsp3) is 0.857. The molecule has 5 heteroatoms. The van der Waals surface area contributed by atoms with Gasteiger partial charge in [-0.1, -0.05) is 12.2 Å². The Morgan fingerprint density at radius 1 is 1.08 bits per heavy atom. The SMILES string of the molecule is S=C(C1NCCS1)C1NCCS1. The fourth-order valence-electron chi connectivity index (χ4n) is 1.35. The van der Waals surface area contributed by atoms with Gasteiger partial charge < -0.3 is 10.6 Å². The molecule has 0 aliphatic carbocycles. The van der Waals surface area contributed by atoms with Crippen molar-refractivity contribution in [1.29, 1.82) is 0 Å². The maximum Gasteiger partial charge on any atom is 0.0877 e. The minimum atomic E-state index is 0.420. The molecule has 2 aliphatic heterocycles. The first-order valence-corrected chi connectivity index (χ1v) is 6.62. The predicted octanol–water partition coefficient (Wildman–Crippen LogP) is 0.681. The molecule has 68 valence electrons. The van der Waals surface area contributed by atoms with Crippen molar-refractivity contribution in [3.05, 3.63) is 0 Å². The first-order valence-electron chi connectivity index (χ1n) is 4.11. The molecule has 2 N–H and O–H groups in total. The Morgan fingerprint density at radius 2 is 1.58 bits per heavy atom. The molecular formula is C7H12N2S3. The zero-order valence-corrected chi connectivity index (χ0v) is 9.16. The minimum absolute atomic E-state index is 0.420. The highest BCUT2D eigenvalue weighted by atomic mass is 32.2. The average Bonchev–Trinajstić information content (AvgIpc) is 2.77. The zero-order chi connectivity index (χ0) is 8.39. The van der Waals surface area contributed by atoms with Crippen molar-refractivity contribution in [2.24, 2.45) is 0 Å². The maximum atomic E-state index is 5.41. The third-order valence-corrected chi connectivity index (χ3v) is 5.11. The van der Waals surface area contributed by atoms with E-state index < -0.39 is 0 Å². The molecule has 0 spiro atoms. The Balaban J connectivity index is 1.89. The van der Waals surface area contributed by atoms with Gasteiger partial charge in [0.1, 0.15) is 0 Å². The third kappa shape index (κ3) is 1.96. The van der Waals surface area contributed by atoms with E-state index in [1.165, 1.54) is 11.5 Å². The summed E-state index contributed by atoms with van der Waals surface area (Å²) < 4.78 is 0. The smallest absolute Gasteiger partial charge is 0.0877 e. The van der Waals surface area contributed by atoms with Gasteiger partial charge in [0, 0.05) is 29.5 Å². The Labute approximate surface area is 86.6 Å². The summed E-state index contributed by atoms with van der Waals surface area (Å²) in [4.78, 5) is 1.15. The number of thioether (sulfide) groups is 2. The molecule has 2 rings (SSSR count). The van der Waals surface area contributed by atoms with Crippen molar-refractivity contribution in [3.8, 4) is 0 Å². The van der Waals surface area contributed by atoms with Gasteiger partial charge in [-0.3, -0.25) is 0 Å². The molecule has 2 nitrogen and oxygen atoms in total. The summed E-state index contributed by atoms with van der Waals surface area (Å²) in [5.41, 5.74) is 0. The summed E-state index contributed by atoms with van der Waals surface area (Å²) in [6, 6.07) is 0. The normalized spacial score (nSPS) is 35.7. The lowest BCUT2D eigenvalue weighted by Crippen LogP contribution is -2.39. The molecule has 2 atom stereocenters. The molecule has 0 aromatic carbocycles. The number of hydrogen-bond donors (Lipinski definition) is 2. The van der Waals surface area contributed by atoms with Crippen molar-refractivity contribution >= 4 is 40.6 Å². The van der Waals surface area contributed by atoms with E-state index in [9.17, 15) is 0 Å². The average molecular weight is 220 g/mol. The summed E-state index contributed by atoms with van der Waals surface area (Å²) in [6.45, 7) is 2.21. The molecule has 0 radical (unpaired) electrons. The Kier molecular flexibility index (Phi) is 3.31. The van der Waals surface area contributed by atoms with Gasteiger partial charge in [-0.2, -0.15) is 0 Å². The summed E-state index contributed by atoms with van der Waals surface area (Å²) in [6.07, 6.45) is 0. The summed E-state index contributed by atoms with van der Waals surface area (Å²) in [7, 11) is 0. The van der Waals surface area contributed by atoms with Crippen LogP contribution < -0.4 is 10.6 Å². The van der Waals surface area contributed by atoms with E-state index in [1.807, 2.05) is 23.5 Å². The number of rotatable bonds is 2. The van der Waals surface area contributed by atoms with Crippen LogP contribution in [0, 0.1) is 0 Å². The first kappa shape index (κ1) is 9.27. The van der Waals surface area contributed by atoms with Crippen LogP contribution in [0.25, 0.3) is 0 Å². The topological polar surface area (TPSA) is 24.1 Å². The van der Waals surface area contributed by atoms with Gasteiger partial charge in [0.25, 0.3) is 0 Å². The fourth-order valence-corrected chi connectivity index (χ4v) is 4.03. The molecule has 2 fully saturated rings. The van der Waals surface area contributed by atoms with E-state index in [-0.39, 0.29) is 0 Å². The van der Waals surface area contributed by atoms with Crippen LogP contribution in [0.3, 0.4) is 0 Å². The first-order chi connectivity index (χ1) is 5.88. The molecule has 2 unspecified atom stereocenters. The quantitative estimate of drug-likeness (QED) is 0.667. The van der Waals surface area contributed by atoms with Crippen molar-refractivity contribution in [2.75, 3.05) is 24.6 Å². The van der Waals surface area contributed by atoms with Gasteiger partial charge in [-0.15, -0.1) is 23.5 Å². The minimum Gasteiger partial charge on any atom is -0.300 e. The van der Waals surface area contributed by atoms with Gasteiger partial charge in [0.05, 0.1) is 10.7 Å². The predicted molar refractivity (Wildman–Crippen MR) is 61.1 cm³/mol. The Bertz CT molecular complexity index is 155. The van der Waals surface area contributed by atoms with Gasteiger partial charge >= 0.3 is 0 Å². The lowest BCUT2D eigenvalue weighted by molar-refractivity contribution is 0.785. The van der Waals surface area contributed by atoms with Crippen LogP contribution in [0.1, 0.15) is 0 Å². The second kappa shape index (κ2) is 4.28. The van der Waals surface area contributed by atoms with Crippen LogP contribution in [-0.4, -0.2) is 40.2 Å². The lowest BCUT2D eigenvalue weighted by Gasteiger charge is -2.16. The van der Waals surface area contributed by atoms with Gasteiger partial charge in [0.2, 0.25) is 0 Å². The van der Waals surface area contributed by atoms with Crippen molar-refractivity contribution in [2.45, 2.75) is 10.7 Å². The molecule has 2 saturated heterocycles. The van der Waals surface area contributed by atoms with E-state index in [4.69, 9.17) is 12.2 Å². The molecule has 0 amide bonds. The second-order valence-corrected chi connectivity index (χ2v) is 5.71. The van der Waals surface area contributed by atoms with Crippen LogP contribution >= 0.6 is 35.7 Å². The van der Waals surface area contributed by atoms with Gasteiger partial charge in [-0.05, 0) is 0 Å². The Hall–Kier alpha value is 0.710. The summed E-state index contributed by atoms with van der Waals surface area (Å²) >= 11 is 9.27. The number of hydrogen-bond acceptors (Lipinski definition) is 5. The largest absolute Gasteiger partial charge is 0.300 e. The second-order valence-electron chi connectivity index (χ2n) is 2.81. The van der Waals surface area contributed by atoms with Gasteiger partial charge in [-0.25, -0.2) is 0 Å². The van der Waals surface area contributed by atoms with Crippen LogP contribution in [-0.2, 0) is 0 Å². The highest BCUT2D eigenvalue weighted by Crippen LogP contribution is 2.23. The monoisotopic (exact) mass is 220 g/mol. The third-order valence-electron chi connectivity index (χ3n) is 1.95. The number of thiocarbonyl (C=S) groups is 1. The van der Waals surface area contributed by atoms with Crippen molar-refractivity contribution < 1.29 is 0 Å². The van der Waals surface area contributed by atoms with Gasteiger partial charge in [0.15, 0.2) is 0 Å². The standard InChI is InChI=1S/C7H12N2S3/c10-5(6-8-1-3-11-6)7-9-2-4-12-7/h6-9H,1-4H2. The van der Waals surface area contributed by atoms with Crippen LogP contribution in [0.5, 0.6) is 0 Å². The van der Waals surface area contributed by atoms with Crippen LogP contribution in [0.4, 0.5) is 0 Å². The van der Waals surface area contributed by atoms with Crippen LogP contribution in [0.15, 0.2) is 0 Å². The molecule has 0 aromatic rings. The summed E-state index contributed by atoms with van der Waals surface area (Å²) in [5, 5.41) is 7.64. The van der Waals surface area contributed by atoms with E-state index in [0.717, 1.165) is 18.0 Å². The molecule has 0 bridgehead atoms.